The van der Waals surface area contributed by atoms with Gasteiger partial charge in [-0.25, -0.2) is 4.98 Å². The Morgan fingerprint density at radius 1 is 1.19 bits per heavy atom. The van der Waals surface area contributed by atoms with Crippen molar-refractivity contribution in [3.63, 3.8) is 0 Å². The molecule has 2 N–H and O–H groups in total. The summed E-state index contributed by atoms with van der Waals surface area (Å²) < 4.78 is 0. The van der Waals surface area contributed by atoms with Crippen LogP contribution in [0.15, 0.2) is 12.1 Å². The van der Waals surface area contributed by atoms with Crippen molar-refractivity contribution in [2.45, 2.75) is 71.9 Å². The highest BCUT2D eigenvalue weighted by molar-refractivity contribution is 5.40. The number of anilines is 1. The quantitative estimate of drug-likeness (QED) is 0.680. The first kappa shape index (κ1) is 16.3. The maximum atomic E-state index is 4.77. The molecule has 1 aliphatic carbocycles. The Morgan fingerprint density at radius 3 is 2.57 bits per heavy atom. The monoisotopic (exact) mass is 289 g/mol. The average molecular weight is 289 g/mol. The lowest BCUT2D eigenvalue weighted by Gasteiger charge is -2.15. The van der Waals surface area contributed by atoms with Crippen LogP contribution in [0.5, 0.6) is 0 Å². The van der Waals surface area contributed by atoms with Crippen molar-refractivity contribution in [1.29, 1.82) is 0 Å². The Balaban J connectivity index is 1.99. The molecule has 118 valence electrons. The molecule has 1 aliphatic rings. The zero-order chi connectivity index (χ0) is 15.1. The van der Waals surface area contributed by atoms with Crippen LogP contribution in [0.2, 0.25) is 0 Å². The zero-order valence-electron chi connectivity index (χ0n) is 13.9. The molecule has 0 aliphatic heterocycles. The summed E-state index contributed by atoms with van der Waals surface area (Å²) in [5.41, 5.74) is 2.59. The van der Waals surface area contributed by atoms with Gasteiger partial charge in [0.05, 0.1) is 0 Å². The standard InChI is InChI=1S/C18H31N3/c1-4-7-17-10-15(13-19-16-8-9-16)11-18(21-17)20-12-14(5-2)6-3/h10-11,14,16,19H,4-9,12-13H2,1-3H3,(H,20,21). The lowest BCUT2D eigenvalue weighted by atomic mass is 10.0. The number of aryl methyl sites for hydroxylation is 1. The Morgan fingerprint density at radius 2 is 1.95 bits per heavy atom. The lowest BCUT2D eigenvalue weighted by Crippen LogP contribution is -2.17. The van der Waals surface area contributed by atoms with E-state index in [0.717, 1.165) is 43.7 Å². The first-order chi connectivity index (χ1) is 10.2. The van der Waals surface area contributed by atoms with Gasteiger partial charge in [0, 0.05) is 24.8 Å². The number of hydrogen-bond acceptors (Lipinski definition) is 3. The second kappa shape index (κ2) is 8.38. The van der Waals surface area contributed by atoms with Crippen LogP contribution >= 0.6 is 0 Å². The van der Waals surface area contributed by atoms with Gasteiger partial charge in [0.15, 0.2) is 0 Å². The molecule has 0 unspecified atom stereocenters. The highest BCUT2D eigenvalue weighted by Gasteiger charge is 2.20. The van der Waals surface area contributed by atoms with E-state index in [0.29, 0.717) is 0 Å². The smallest absolute Gasteiger partial charge is 0.126 e. The summed E-state index contributed by atoms with van der Waals surface area (Å²) in [6.07, 6.45) is 7.36. The Labute approximate surface area is 129 Å². The van der Waals surface area contributed by atoms with Crippen LogP contribution < -0.4 is 10.6 Å². The number of hydrogen-bond donors (Lipinski definition) is 2. The average Bonchev–Trinajstić information content (AvgIpc) is 3.31. The SMILES string of the molecule is CCCc1cc(CNC2CC2)cc(NCC(CC)CC)n1. The second-order valence-corrected chi connectivity index (χ2v) is 6.32. The number of aromatic nitrogens is 1. The largest absolute Gasteiger partial charge is 0.370 e. The first-order valence-corrected chi connectivity index (χ1v) is 8.72. The maximum absolute atomic E-state index is 4.77. The summed E-state index contributed by atoms with van der Waals surface area (Å²) in [4.78, 5) is 4.77. The molecule has 0 radical (unpaired) electrons. The second-order valence-electron chi connectivity index (χ2n) is 6.32. The Bertz CT molecular complexity index is 422. The molecular formula is C18H31N3. The van der Waals surface area contributed by atoms with Gasteiger partial charge >= 0.3 is 0 Å². The molecule has 1 aromatic rings. The van der Waals surface area contributed by atoms with E-state index in [1.165, 1.54) is 36.9 Å². The van der Waals surface area contributed by atoms with Crippen LogP contribution in [-0.4, -0.2) is 17.6 Å². The lowest BCUT2D eigenvalue weighted by molar-refractivity contribution is 0.518. The minimum Gasteiger partial charge on any atom is -0.370 e. The third-order valence-electron chi connectivity index (χ3n) is 4.34. The highest BCUT2D eigenvalue weighted by atomic mass is 15.0. The van der Waals surface area contributed by atoms with Crippen molar-refractivity contribution in [3.05, 3.63) is 23.4 Å². The van der Waals surface area contributed by atoms with Crippen molar-refractivity contribution in [2.75, 3.05) is 11.9 Å². The van der Waals surface area contributed by atoms with Crippen LogP contribution in [-0.2, 0) is 13.0 Å². The van der Waals surface area contributed by atoms with Crippen molar-refractivity contribution < 1.29 is 0 Å². The van der Waals surface area contributed by atoms with Gasteiger partial charge in [-0.3, -0.25) is 0 Å². The predicted molar refractivity (Wildman–Crippen MR) is 90.7 cm³/mol. The molecule has 0 atom stereocenters. The highest BCUT2D eigenvalue weighted by Crippen LogP contribution is 2.20. The summed E-state index contributed by atoms with van der Waals surface area (Å²) in [6.45, 7) is 8.76. The van der Waals surface area contributed by atoms with Gasteiger partial charge in [0.1, 0.15) is 5.82 Å². The molecule has 3 heteroatoms. The zero-order valence-corrected chi connectivity index (χ0v) is 13.9. The number of rotatable bonds is 10. The van der Waals surface area contributed by atoms with Gasteiger partial charge in [0.2, 0.25) is 0 Å². The number of pyridine rings is 1. The van der Waals surface area contributed by atoms with Gasteiger partial charge in [-0.15, -0.1) is 0 Å². The Hall–Kier alpha value is -1.09. The maximum Gasteiger partial charge on any atom is 0.126 e. The van der Waals surface area contributed by atoms with E-state index in [1.54, 1.807) is 0 Å². The molecule has 0 aromatic carbocycles. The molecule has 1 fully saturated rings. The van der Waals surface area contributed by atoms with Gasteiger partial charge in [-0.1, -0.05) is 40.0 Å². The van der Waals surface area contributed by atoms with Crippen LogP contribution in [0.25, 0.3) is 0 Å². The van der Waals surface area contributed by atoms with E-state index >= 15 is 0 Å². The van der Waals surface area contributed by atoms with E-state index in [9.17, 15) is 0 Å². The van der Waals surface area contributed by atoms with Gasteiger partial charge in [0.25, 0.3) is 0 Å². The van der Waals surface area contributed by atoms with Gasteiger partial charge in [-0.2, -0.15) is 0 Å². The van der Waals surface area contributed by atoms with E-state index in [4.69, 9.17) is 4.98 Å². The summed E-state index contributed by atoms with van der Waals surface area (Å²) in [6, 6.07) is 5.24. The predicted octanol–water partition coefficient (Wildman–Crippen LogP) is 4.13. The fourth-order valence-corrected chi connectivity index (χ4v) is 2.60. The van der Waals surface area contributed by atoms with Crippen LogP contribution in [0, 0.1) is 5.92 Å². The van der Waals surface area contributed by atoms with Crippen LogP contribution in [0.1, 0.15) is 64.1 Å². The molecule has 0 spiro atoms. The molecule has 21 heavy (non-hydrogen) atoms. The van der Waals surface area contributed by atoms with Gasteiger partial charge in [-0.05, 0) is 42.9 Å². The Kier molecular flexibility index (Phi) is 6.50. The molecule has 1 aromatic heterocycles. The molecule has 3 nitrogen and oxygen atoms in total. The fraction of sp³-hybridized carbons (Fsp3) is 0.722. The summed E-state index contributed by atoms with van der Waals surface area (Å²) >= 11 is 0. The summed E-state index contributed by atoms with van der Waals surface area (Å²) in [5.74, 6) is 1.80. The van der Waals surface area contributed by atoms with E-state index < -0.39 is 0 Å². The molecular weight excluding hydrogens is 258 g/mol. The van der Waals surface area contributed by atoms with Gasteiger partial charge < -0.3 is 10.6 Å². The first-order valence-electron chi connectivity index (χ1n) is 8.72. The molecule has 0 bridgehead atoms. The normalized spacial score (nSPS) is 14.7. The minimum absolute atomic E-state index is 0.745. The van der Waals surface area contributed by atoms with E-state index in [-0.39, 0.29) is 0 Å². The molecule has 0 amide bonds. The third kappa shape index (κ3) is 5.66. The van der Waals surface area contributed by atoms with Crippen molar-refractivity contribution in [2.24, 2.45) is 5.92 Å². The number of nitrogens with zero attached hydrogens (tertiary/aromatic N) is 1. The van der Waals surface area contributed by atoms with Crippen LogP contribution in [0.3, 0.4) is 0 Å². The summed E-state index contributed by atoms with van der Waals surface area (Å²) in [5, 5.41) is 7.15. The van der Waals surface area contributed by atoms with Crippen LogP contribution in [0.4, 0.5) is 5.82 Å². The molecule has 2 rings (SSSR count). The molecule has 0 saturated heterocycles. The van der Waals surface area contributed by atoms with Crippen molar-refractivity contribution in [1.82, 2.24) is 10.3 Å². The fourth-order valence-electron chi connectivity index (χ4n) is 2.60. The topological polar surface area (TPSA) is 37.0 Å². The third-order valence-corrected chi connectivity index (χ3v) is 4.34. The minimum atomic E-state index is 0.745. The van der Waals surface area contributed by atoms with E-state index in [2.05, 4.69) is 43.5 Å². The number of nitrogens with one attached hydrogen (secondary N) is 2. The summed E-state index contributed by atoms with van der Waals surface area (Å²) in [7, 11) is 0. The molecule has 1 heterocycles. The van der Waals surface area contributed by atoms with E-state index in [1.807, 2.05) is 0 Å². The van der Waals surface area contributed by atoms with Crippen molar-refractivity contribution in [3.8, 4) is 0 Å². The van der Waals surface area contributed by atoms with Crippen molar-refractivity contribution >= 4 is 5.82 Å². The molecule has 1 saturated carbocycles.